The van der Waals surface area contributed by atoms with E-state index in [0.29, 0.717) is 0 Å². The van der Waals surface area contributed by atoms with Gasteiger partial charge in [-0.2, -0.15) is 0 Å². The summed E-state index contributed by atoms with van der Waals surface area (Å²) in [5.74, 6) is 0. The third kappa shape index (κ3) is 4.39. The van der Waals surface area contributed by atoms with Gasteiger partial charge in [0, 0.05) is 11.6 Å². The van der Waals surface area contributed by atoms with Gasteiger partial charge in [-0.05, 0) is 53.4 Å². The van der Waals surface area contributed by atoms with E-state index >= 15 is 0 Å². The summed E-state index contributed by atoms with van der Waals surface area (Å²) in [5.41, 5.74) is 5.27. The highest BCUT2D eigenvalue weighted by Crippen LogP contribution is 2.27. The van der Waals surface area contributed by atoms with Crippen molar-refractivity contribution >= 4 is 6.09 Å². The summed E-state index contributed by atoms with van der Waals surface area (Å²) in [6, 6.07) is 0.189. The van der Waals surface area contributed by atoms with Crippen molar-refractivity contribution in [2.75, 3.05) is 0 Å². The minimum Gasteiger partial charge on any atom is -0.444 e. The van der Waals surface area contributed by atoms with Gasteiger partial charge in [0.05, 0.1) is 0 Å². The van der Waals surface area contributed by atoms with Crippen LogP contribution < -0.4 is 11.1 Å². The quantitative estimate of drug-likeness (QED) is 0.723. The number of nitrogens with one attached hydrogen (secondary N) is 1. The molecule has 1 fully saturated rings. The zero-order valence-electron chi connectivity index (χ0n) is 10.8. The largest absolute Gasteiger partial charge is 0.444 e. The number of rotatable bonds is 1. The maximum absolute atomic E-state index is 11.7. The topological polar surface area (TPSA) is 64.3 Å². The molecular weight excluding hydrogens is 204 g/mol. The molecule has 94 valence electrons. The number of hydrogen-bond acceptors (Lipinski definition) is 3. The highest BCUT2D eigenvalue weighted by molar-refractivity contribution is 5.68. The lowest BCUT2D eigenvalue weighted by atomic mass is 9.81. The van der Waals surface area contributed by atoms with Gasteiger partial charge in [-0.15, -0.1) is 0 Å². The van der Waals surface area contributed by atoms with Gasteiger partial charge in [-0.3, -0.25) is 0 Å². The first-order valence-corrected chi connectivity index (χ1v) is 5.97. The highest BCUT2D eigenvalue weighted by atomic mass is 16.6. The van der Waals surface area contributed by atoms with Crippen molar-refractivity contribution in [2.45, 2.75) is 70.6 Å². The highest BCUT2D eigenvalue weighted by Gasteiger charge is 2.33. The molecule has 0 aromatic carbocycles. The van der Waals surface area contributed by atoms with Gasteiger partial charge in [0.1, 0.15) is 5.60 Å². The van der Waals surface area contributed by atoms with Gasteiger partial charge in [0.15, 0.2) is 0 Å². The molecule has 1 amide bonds. The van der Waals surface area contributed by atoms with Crippen LogP contribution in [-0.4, -0.2) is 23.3 Å². The van der Waals surface area contributed by atoms with Crippen molar-refractivity contribution in [3.8, 4) is 0 Å². The fourth-order valence-electron chi connectivity index (χ4n) is 2.20. The average molecular weight is 228 g/mol. The van der Waals surface area contributed by atoms with Crippen molar-refractivity contribution < 1.29 is 9.53 Å². The molecule has 4 heteroatoms. The number of amides is 1. The molecule has 0 heterocycles. The van der Waals surface area contributed by atoms with E-state index in [1.165, 1.54) is 0 Å². The van der Waals surface area contributed by atoms with Crippen LogP contribution in [0, 0.1) is 0 Å². The Kier molecular flexibility index (Phi) is 3.84. The van der Waals surface area contributed by atoms with Gasteiger partial charge < -0.3 is 15.8 Å². The standard InChI is InChI=1S/C12H24N2O2/c1-11(2,3)16-10(15)14-12(4)7-5-6-9(13)8-12/h9H,5-8,13H2,1-4H3,(H,14,15)/t9-,12-/m1/s1. The molecule has 0 unspecified atom stereocenters. The lowest BCUT2D eigenvalue weighted by Gasteiger charge is -2.37. The Morgan fingerprint density at radius 1 is 1.50 bits per heavy atom. The van der Waals surface area contributed by atoms with Gasteiger partial charge >= 0.3 is 6.09 Å². The van der Waals surface area contributed by atoms with E-state index in [-0.39, 0.29) is 17.7 Å². The van der Waals surface area contributed by atoms with Crippen LogP contribution in [0.3, 0.4) is 0 Å². The molecule has 3 N–H and O–H groups in total. The molecule has 1 aliphatic rings. The molecule has 4 nitrogen and oxygen atoms in total. The average Bonchev–Trinajstić information content (AvgIpc) is 1.96. The lowest BCUT2D eigenvalue weighted by molar-refractivity contribution is 0.0433. The van der Waals surface area contributed by atoms with E-state index < -0.39 is 5.60 Å². The maximum atomic E-state index is 11.7. The van der Waals surface area contributed by atoms with Crippen molar-refractivity contribution in [1.29, 1.82) is 0 Å². The van der Waals surface area contributed by atoms with Crippen LogP contribution in [0.25, 0.3) is 0 Å². The predicted molar refractivity (Wildman–Crippen MR) is 64.2 cm³/mol. The molecular formula is C12H24N2O2. The number of alkyl carbamates (subject to hydrolysis) is 1. The zero-order chi connectivity index (χ0) is 12.4. The van der Waals surface area contributed by atoms with Crippen molar-refractivity contribution in [2.24, 2.45) is 5.73 Å². The minimum atomic E-state index is -0.447. The first kappa shape index (κ1) is 13.3. The number of carbonyl (C=O) groups excluding carboxylic acids is 1. The van der Waals surface area contributed by atoms with Crippen molar-refractivity contribution in [3.63, 3.8) is 0 Å². The van der Waals surface area contributed by atoms with Crippen LogP contribution in [0.5, 0.6) is 0 Å². The van der Waals surface area contributed by atoms with E-state index in [2.05, 4.69) is 5.32 Å². The SMILES string of the molecule is CC(C)(C)OC(=O)N[C@]1(C)CCC[C@@H](N)C1. The summed E-state index contributed by atoms with van der Waals surface area (Å²) in [5, 5.41) is 2.94. The second-order valence-corrected chi connectivity index (χ2v) is 6.04. The van der Waals surface area contributed by atoms with Crippen LogP contribution in [0.4, 0.5) is 4.79 Å². The fourth-order valence-corrected chi connectivity index (χ4v) is 2.20. The summed E-state index contributed by atoms with van der Waals surface area (Å²) >= 11 is 0. The molecule has 1 rings (SSSR count). The Bertz CT molecular complexity index is 260. The molecule has 0 aromatic heterocycles. The molecule has 0 aliphatic heterocycles. The Hall–Kier alpha value is -0.770. The summed E-state index contributed by atoms with van der Waals surface area (Å²) in [4.78, 5) is 11.7. The fraction of sp³-hybridized carbons (Fsp3) is 0.917. The summed E-state index contributed by atoms with van der Waals surface area (Å²) in [6.07, 6.45) is 3.56. The maximum Gasteiger partial charge on any atom is 0.408 e. The van der Waals surface area contributed by atoms with Crippen LogP contribution in [0.2, 0.25) is 0 Å². The normalized spacial score (nSPS) is 30.9. The van der Waals surface area contributed by atoms with E-state index in [9.17, 15) is 4.79 Å². The molecule has 0 aromatic rings. The first-order chi connectivity index (χ1) is 7.20. The number of ether oxygens (including phenoxy) is 1. The van der Waals surface area contributed by atoms with Crippen LogP contribution >= 0.6 is 0 Å². The van der Waals surface area contributed by atoms with Crippen LogP contribution in [0.1, 0.15) is 53.4 Å². The first-order valence-electron chi connectivity index (χ1n) is 5.97. The van der Waals surface area contributed by atoms with Gasteiger partial charge in [0.2, 0.25) is 0 Å². The molecule has 0 bridgehead atoms. The van der Waals surface area contributed by atoms with Gasteiger partial charge in [0.25, 0.3) is 0 Å². The third-order valence-electron chi connectivity index (χ3n) is 2.82. The van der Waals surface area contributed by atoms with E-state index in [0.717, 1.165) is 25.7 Å². The molecule has 1 saturated carbocycles. The van der Waals surface area contributed by atoms with E-state index in [4.69, 9.17) is 10.5 Å². The molecule has 0 spiro atoms. The number of hydrogen-bond donors (Lipinski definition) is 2. The molecule has 2 atom stereocenters. The Morgan fingerprint density at radius 3 is 2.62 bits per heavy atom. The Morgan fingerprint density at radius 2 is 2.12 bits per heavy atom. The van der Waals surface area contributed by atoms with Crippen LogP contribution in [-0.2, 0) is 4.74 Å². The molecule has 0 radical (unpaired) electrons. The predicted octanol–water partition coefficient (Wildman–Crippen LogP) is 2.17. The zero-order valence-corrected chi connectivity index (χ0v) is 10.8. The number of carbonyl (C=O) groups is 1. The van der Waals surface area contributed by atoms with Crippen molar-refractivity contribution in [3.05, 3.63) is 0 Å². The second kappa shape index (κ2) is 4.62. The minimum absolute atomic E-state index is 0.189. The summed E-state index contributed by atoms with van der Waals surface area (Å²) in [6.45, 7) is 7.63. The van der Waals surface area contributed by atoms with E-state index in [1.54, 1.807) is 0 Å². The molecule has 16 heavy (non-hydrogen) atoms. The summed E-state index contributed by atoms with van der Waals surface area (Å²) in [7, 11) is 0. The number of nitrogens with two attached hydrogens (primary N) is 1. The van der Waals surface area contributed by atoms with Crippen molar-refractivity contribution in [1.82, 2.24) is 5.32 Å². The van der Waals surface area contributed by atoms with Crippen LogP contribution in [0.15, 0.2) is 0 Å². The monoisotopic (exact) mass is 228 g/mol. The molecule has 1 aliphatic carbocycles. The summed E-state index contributed by atoms with van der Waals surface area (Å²) < 4.78 is 5.25. The lowest BCUT2D eigenvalue weighted by Crippen LogP contribution is -2.52. The smallest absolute Gasteiger partial charge is 0.408 e. The van der Waals surface area contributed by atoms with Gasteiger partial charge in [-0.1, -0.05) is 0 Å². The Balaban J connectivity index is 2.49. The second-order valence-electron chi connectivity index (χ2n) is 6.04. The van der Waals surface area contributed by atoms with Gasteiger partial charge in [-0.25, -0.2) is 4.79 Å². The third-order valence-corrected chi connectivity index (χ3v) is 2.82. The van der Waals surface area contributed by atoms with E-state index in [1.807, 2.05) is 27.7 Å². The Labute approximate surface area is 97.9 Å². The molecule has 0 saturated heterocycles.